The van der Waals surface area contributed by atoms with E-state index in [4.69, 9.17) is 4.74 Å². The summed E-state index contributed by atoms with van der Waals surface area (Å²) in [6, 6.07) is 7.56. The third kappa shape index (κ3) is 4.69. The van der Waals surface area contributed by atoms with Crippen LogP contribution in [-0.4, -0.2) is 18.4 Å². The Kier molecular flexibility index (Phi) is 5.91. The van der Waals surface area contributed by atoms with Crippen LogP contribution in [0.2, 0.25) is 0 Å². The summed E-state index contributed by atoms with van der Waals surface area (Å²) in [6.07, 6.45) is 1.24. The predicted molar refractivity (Wildman–Crippen MR) is 72.2 cm³/mol. The first-order valence-corrected chi connectivity index (χ1v) is 6.47. The van der Waals surface area contributed by atoms with Crippen LogP contribution < -0.4 is 0 Å². The predicted octanol–water partition coefficient (Wildman–Crippen LogP) is 3.56. The van der Waals surface area contributed by atoms with Crippen molar-refractivity contribution in [3.63, 3.8) is 0 Å². The van der Waals surface area contributed by atoms with E-state index in [9.17, 15) is 4.79 Å². The number of nitrogens with zero attached hydrogens (tertiary/aromatic N) is 1. The summed E-state index contributed by atoms with van der Waals surface area (Å²) >= 11 is 3.38. The van der Waals surface area contributed by atoms with E-state index in [1.807, 2.05) is 38.1 Å². The van der Waals surface area contributed by atoms with Crippen LogP contribution >= 0.6 is 15.9 Å². The zero-order chi connectivity index (χ0) is 12.7. The zero-order valence-corrected chi connectivity index (χ0v) is 11.7. The van der Waals surface area contributed by atoms with Crippen LogP contribution in [0.5, 0.6) is 0 Å². The van der Waals surface area contributed by atoms with Crippen molar-refractivity contribution in [2.45, 2.75) is 26.7 Å². The maximum atomic E-state index is 11.5. The standard InChI is InChI=1S/C13H16BrNO2/c1-3-6-12(16)15-13(17-4-2)10-7-5-8-11(14)9-10/h5,7-9H,3-4,6H2,1-2H3/b15-13-. The van der Waals surface area contributed by atoms with Crippen molar-refractivity contribution in [3.05, 3.63) is 34.3 Å². The Morgan fingerprint density at radius 3 is 2.76 bits per heavy atom. The number of amides is 1. The summed E-state index contributed by atoms with van der Waals surface area (Å²) in [6.45, 7) is 4.31. The van der Waals surface area contributed by atoms with Crippen molar-refractivity contribution in [1.29, 1.82) is 0 Å². The lowest BCUT2D eigenvalue weighted by Crippen LogP contribution is -2.10. The van der Waals surface area contributed by atoms with Crippen molar-refractivity contribution in [2.75, 3.05) is 6.61 Å². The van der Waals surface area contributed by atoms with Gasteiger partial charge in [0, 0.05) is 16.5 Å². The molecule has 3 nitrogen and oxygen atoms in total. The van der Waals surface area contributed by atoms with Gasteiger partial charge in [-0.2, -0.15) is 4.99 Å². The topological polar surface area (TPSA) is 38.7 Å². The van der Waals surface area contributed by atoms with Gasteiger partial charge < -0.3 is 4.74 Å². The Labute approximate surface area is 110 Å². The van der Waals surface area contributed by atoms with E-state index < -0.39 is 0 Å². The molecule has 0 N–H and O–H groups in total. The van der Waals surface area contributed by atoms with Gasteiger partial charge in [0.25, 0.3) is 0 Å². The van der Waals surface area contributed by atoms with Crippen molar-refractivity contribution in [3.8, 4) is 0 Å². The van der Waals surface area contributed by atoms with Crippen LogP contribution in [0.4, 0.5) is 0 Å². The number of benzene rings is 1. The lowest BCUT2D eigenvalue weighted by molar-refractivity contribution is -0.117. The van der Waals surface area contributed by atoms with Gasteiger partial charge in [0.2, 0.25) is 11.8 Å². The summed E-state index contributed by atoms with van der Waals surface area (Å²) in [7, 11) is 0. The van der Waals surface area contributed by atoms with Gasteiger partial charge in [0.1, 0.15) is 0 Å². The fraction of sp³-hybridized carbons (Fsp3) is 0.385. The first kappa shape index (κ1) is 13.9. The highest BCUT2D eigenvalue weighted by Gasteiger charge is 2.07. The first-order chi connectivity index (χ1) is 8.17. The molecule has 1 rings (SSSR count). The van der Waals surface area contributed by atoms with Gasteiger partial charge in [-0.1, -0.05) is 28.9 Å². The van der Waals surface area contributed by atoms with Crippen molar-refractivity contribution >= 4 is 27.7 Å². The number of hydrogen-bond donors (Lipinski definition) is 0. The molecule has 0 spiro atoms. The fourth-order valence-corrected chi connectivity index (χ4v) is 1.72. The largest absolute Gasteiger partial charge is 0.477 e. The van der Waals surface area contributed by atoms with E-state index in [0.29, 0.717) is 18.9 Å². The summed E-state index contributed by atoms with van der Waals surface area (Å²) < 4.78 is 6.34. The van der Waals surface area contributed by atoms with Gasteiger partial charge >= 0.3 is 0 Å². The lowest BCUT2D eigenvalue weighted by atomic mass is 10.2. The molecule has 4 heteroatoms. The number of hydrogen-bond acceptors (Lipinski definition) is 2. The van der Waals surface area contributed by atoms with Gasteiger partial charge in [-0.15, -0.1) is 0 Å². The third-order valence-electron chi connectivity index (χ3n) is 2.04. The molecule has 0 saturated carbocycles. The van der Waals surface area contributed by atoms with Crippen molar-refractivity contribution in [1.82, 2.24) is 0 Å². The molecular formula is C13H16BrNO2. The number of carbonyl (C=O) groups excluding carboxylic acids is 1. The molecule has 0 saturated heterocycles. The third-order valence-corrected chi connectivity index (χ3v) is 2.54. The highest BCUT2D eigenvalue weighted by atomic mass is 79.9. The molecule has 0 bridgehead atoms. The Morgan fingerprint density at radius 1 is 1.41 bits per heavy atom. The quantitative estimate of drug-likeness (QED) is 0.629. The van der Waals surface area contributed by atoms with Gasteiger partial charge in [0.15, 0.2) is 0 Å². The Morgan fingerprint density at radius 2 is 2.18 bits per heavy atom. The molecule has 0 atom stereocenters. The molecular weight excluding hydrogens is 282 g/mol. The normalized spacial score (nSPS) is 11.4. The maximum absolute atomic E-state index is 11.5. The van der Waals surface area contributed by atoms with Gasteiger partial charge in [-0.3, -0.25) is 4.79 Å². The van der Waals surface area contributed by atoms with Gasteiger partial charge in [-0.05, 0) is 31.5 Å². The molecule has 92 valence electrons. The number of aliphatic imine (C=N–C) groups is 1. The number of carbonyl (C=O) groups is 1. The molecule has 0 aliphatic heterocycles. The Hall–Kier alpha value is -1.16. The van der Waals surface area contributed by atoms with E-state index in [1.54, 1.807) is 0 Å². The minimum Gasteiger partial charge on any atom is -0.477 e. The highest BCUT2D eigenvalue weighted by molar-refractivity contribution is 9.10. The summed E-state index contributed by atoms with van der Waals surface area (Å²) in [5.74, 6) is 0.253. The summed E-state index contributed by atoms with van der Waals surface area (Å²) in [5, 5.41) is 0. The monoisotopic (exact) mass is 297 g/mol. The SMILES string of the molecule is CCCC(=O)/N=C(\OCC)c1cccc(Br)c1. The lowest BCUT2D eigenvalue weighted by Gasteiger charge is -2.07. The molecule has 1 aromatic carbocycles. The average molecular weight is 298 g/mol. The molecule has 0 aliphatic carbocycles. The second-order valence-corrected chi connectivity index (χ2v) is 4.42. The number of halogens is 1. The van der Waals surface area contributed by atoms with Gasteiger partial charge in [0.05, 0.1) is 6.61 Å². The molecule has 17 heavy (non-hydrogen) atoms. The number of ether oxygens (including phenoxy) is 1. The van der Waals surface area contributed by atoms with Crippen molar-refractivity contribution in [2.24, 2.45) is 4.99 Å². The minimum atomic E-state index is -0.143. The van der Waals surface area contributed by atoms with Crippen LogP contribution in [0.15, 0.2) is 33.7 Å². The molecule has 0 fully saturated rings. The van der Waals surface area contributed by atoms with E-state index in [-0.39, 0.29) is 5.91 Å². The second kappa shape index (κ2) is 7.22. The maximum Gasteiger partial charge on any atom is 0.248 e. The van der Waals surface area contributed by atoms with E-state index in [1.165, 1.54) is 0 Å². The number of rotatable bonds is 4. The molecule has 1 aromatic rings. The average Bonchev–Trinajstić information content (AvgIpc) is 2.29. The Bertz CT molecular complexity index is 416. The van der Waals surface area contributed by atoms with Crippen molar-refractivity contribution < 1.29 is 9.53 Å². The van der Waals surface area contributed by atoms with E-state index in [0.717, 1.165) is 16.5 Å². The van der Waals surface area contributed by atoms with Gasteiger partial charge in [-0.25, -0.2) is 0 Å². The smallest absolute Gasteiger partial charge is 0.248 e. The van der Waals surface area contributed by atoms with Crippen LogP contribution in [0, 0.1) is 0 Å². The molecule has 0 unspecified atom stereocenters. The molecule has 1 amide bonds. The van der Waals surface area contributed by atoms with Crippen LogP contribution in [0.3, 0.4) is 0 Å². The van der Waals surface area contributed by atoms with E-state index >= 15 is 0 Å². The van der Waals surface area contributed by atoms with Crippen LogP contribution in [-0.2, 0) is 9.53 Å². The summed E-state index contributed by atoms with van der Waals surface area (Å²) in [5.41, 5.74) is 0.811. The molecule has 0 aromatic heterocycles. The van der Waals surface area contributed by atoms with E-state index in [2.05, 4.69) is 20.9 Å². The molecule has 0 heterocycles. The van der Waals surface area contributed by atoms with Crippen LogP contribution in [0.1, 0.15) is 32.3 Å². The minimum absolute atomic E-state index is 0.143. The first-order valence-electron chi connectivity index (χ1n) is 5.67. The second-order valence-electron chi connectivity index (χ2n) is 3.50. The zero-order valence-electron chi connectivity index (χ0n) is 10.1. The Balaban J connectivity index is 2.96. The fourth-order valence-electron chi connectivity index (χ4n) is 1.32. The summed E-state index contributed by atoms with van der Waals surface area (Å²) in [4.78, 5) is 15.5. The molecule has 0 radical (unpaired) electrons. The highest BCUT2D eigenvalue weighted by Crippen LogP contribution is 2.13. The molecule has 0 aliphatic rings. The van der Waals surface area contributed by atoms with Crippen LogP contribution in [0.25, 0.3) is 0 Å².